The maximum atomic E-state index is 11.4. The summed E-state index contributed by atoms with van der Waals surface area (Å²) >= 11 is 1.77. The minimum absolute atomic E-state index is 0.157. The summed E-state index contributed by atoms with van der Waals surface area (Å²) in [6, 6.07) is 6.10. The number of thioether (sulfide) groups is 1. The molecule has 1 nitrogen and oxygen atoms in total. The van der Waals surface area contributed by atoms with E-state index in [1.165, 1.54) is 0 Å². The van der Waals surface area contributed by atoms with Crippen LogP contribution in [0.15, 0.2) is 23.1 Å². The number of ketones is 1. The summed E-state index contributed by atoms with van der Waals surface area (Å²) in [5.74, 6) is 1.87. The lowest BCUT2D eigenvalue weighted by atomic mass is 10.1. The predicted molar refractivity (Wildman–Crippen MR) is 66.7 cm³/mol. The Morgan fingerprint density at radius 2 is 2.07 bits per heavy atom. The minimum atomic E-state index is 0.157. The average Bonchev–Trinajstić information content (AvgIpc) is 2.15. The summed E-state index contributed by atoms with van der Waals surface area (Å²) < 4.78 is 0. The first-order chi connectivity index (χ1) is 7.00. The fourth-order valence-electron chi connectivity index (χ4n) is 1.30. The predicted octanol–water partition coefficient (Wildman–Crippen LogP) is 3.95. The second-order valence-corrected chi connectivity index (χ2v) is 5.32. The molecular formula is C13H18OS. The molecule has 0 radical (unpaired) electrons. The van der Waals surface area contributed by atoms with Crippen LogP contribution in [0, 0.1) is 12.8 Å². The van der Waals surface area contributed by atoms with Gasteiger partial charge in [0.1, 0.15) is 0 Å². The van der Waals surface area contributed by atoms with Gasteiger partial charge in [-0.2, -0.15) is 0 Å². The normalized spacial score (nSPS) is 10.7. The second-order valence-electron chi connectivity index (χ2n) is 4.26. The van der Waals surface area contributed by atoms with Crippen molar-refractivity contribution in [1.29, 1.82) is 0 Å². The van der Waals surface area contributed by atoms with Crippen molar-refractivity contribution in [2.45, 2.75) is 32.6 Å². The van der Waals surface area contributed by atoms with Gasteiger partial charge in [0.2, 0.25) is 0 Å². The second kappa shape index (κ2) is 5.36. The molecule has 82 valence electrons. The standard InChI is InChI=1S/C13H18OS/c1-9(2)8-15-13-6-5-10(3)7-12(13)11(4)14/h5-7,9H,8H2,1-4H3. The first-order valence-electron chi connectivity index (χ1n) is 5.25. The van der Waals surface area contributed by atoms with E-state index in [-0.39, 0.29) is 5.78 Å². The molecule has 2 heteroatoms. The third kappa shape index (κ3) is 3.71. The van der Waals surface area contributed by atoms with Crippen molar-refractivity contribution >= 4 is 17.5 Å². The molecule has 0 unspecified atom stereocenters. The molecule has 0 amide bonds. The van der Waals surface area contributed by atoms with Crippen molar-refractivity contribution in [3.8, 4) is 0 Å². The third-order valence-corrected chi connectivity index (χ3v) is 3.59. The Morgan fingerprint density at radius 3 is 2.60 bits per heavy atom. The number of carbonyl (C=O) groups is 1. The molecule has 0 saturated heterocycles. The molecule has 0 bridgehead atoms. The summed E-state index contributed by atoms with van der Waals surface area (Å²) in [6.07, 6.45) is 0. The lowest BCUT2D eigenvalue weighted by Crippen LogP contribution is -1.98. The van der Waals surface area contributed by atoms with E-state index < -0.39 is 0 Å². The van der Waals surface area contributed by atoms with Crippen molar-refractivity contribution in [2.75, 3.05) is 5.75 Å². The molecule has 1 rings (SSSR count). The summed E-state index contributed by atoms with van der Waals surface area (Å²) in [6.45, 7) is 8.03. The van der Waals surface area contributed by atoms with E-state index in [2.05, 4.69) is 26.0 Å². The van der Waals surface area contributed by atoms with E-state index in [4.69, 9.17) is 0 Å². The van der Waals surface area contributed by atoms with Crippen molar-refractivity contribution in [2.24, 2.45) is 5.92 Å². The monoisotopic (exact) mass is 222 g/mol. The van der Waals surface area contributed by atoms with Crippen LogP contribution in [-0.2, 0) is 0 Å². The molecule has 1 aromatic rings. The third-order valence-electron chi connectivity index (χ3n) is 2.09. The number of hydrogen-bond acceptors (Lipinski definition) is 2. The first kappa shape index (κ1) is 12.3. The fraction of sp³-hybridized carbons (Fsp3) is 0.462. The number of Topliss-reactive ketones (excluding diaryl/α,β-unsaturated/α-hetero) is 1. The van der Waals surface area contributed by atoms with Gasteiger partial charge in [-0.1, -0.05) is 25.5 Å². The molecule has 0 spiro atoms. The van der Waals surface area contributed by atoms with Crippen LogP contribution < -0.4 is 0 Å². The molecule has 0 heterocycles. The summed E-state index contributed by atoms with van der Waals surface area (Å²) in [5.41, 5.74) is 2.01. The number of hydrogen-bond donors (Lipinski definition) is 0. The number of rotatable bonds is 4. The lowest BCUT2D eigenvalue weighted by Gasteiger charge is -2.09. The van der Waals surface area contributed by atoms with Crippen molar-refractivity contribution in [3.05, 3.63) is 29.3 Å². The molecule has 0 aromatic heterocycles. The van der Waals surface area contributed by atoms with Crippen LogP contribution in [0.25, 0.3) is 0 Å². The van der Waals surface area contributed by atoms with Crippen molar-refractivity contribution in [3.63, 3.8) is 0 Å². The molecular weight excluding hydrogens is 204 g/mol. The first-order valence-corrected chi connectivity index (χ1v) is 6.23. The largest absolute Gasteiger partial charge is 0.294 e. The highest BCUT2D eigenvalue weighted by molar-refractivity contribution is 7.99. The van der Waals surface area contributed by atoms with Gasteiger partial charge in [-0.05, 0) is 31.9 Å². The molecule has 0 saturated carbocycles. The zero-order chi connectivity index (χ0) is 11.4. The van der Waals surface area contributed by atoms with Gasteiger partial charge in [-0.3, -0.25) is 4.79 Å². The van der Waals surface area contributed by atoms with Crippen LogP contribution in [0.4, 0.5) is 0 Å². The van der Waals surface area contributed by atoms with E-state index in [1.54, 1.807) is 18.7 Å². The van der Waals surface area contributed by atoms with E-state index >= 15 is 0 Å². The van der Waals surface area contributed by atoms with Gasteiger partial charge in [0.05, 0.1) is 0 Å². The Morgan fingerprint density at radius 1 is 1.40 bits per heavy atom. The Labute approximate surface area is 96.3 Å². The van der Waals surface area contributed by atoms with Crippen molar-refractivity contribution < 1.29 is 4.79 Å². The van der Waals surface area contributed by atoms with Gasteiger partial charge in [0.25, 0.3) is 0 Å². The highest BCUT2D eigenvalue weighted by Crippen LogP contribution is 2.26. The Bertz CT molecular complexity index is 356. The molecule has 0 atom stereocenters. The van der Waals surface area contributed by atoms with Gasteiger partial charge < -0.3 is 0 Å². The topological polar surface area (TPSA) is 17.1 Å². The molecule has 0 aliphatic heterocycles. The molecule has 0 N–H and O–H groups in total. The highest BCUT2D eigenvalue weighted by Gasteiger charge is 2.08. The van der Waals surface area contributed by atoms with Crippen LogP contribution >= 0.6 is 11.8 Å². The lowest BCUT2D eigenvalue weighted by molar-refractivity contribution is 0.101. The minimum Gasteiger partial charge on any atom is -0.294 e. The Balaban J connectivity index is 2.91. The summed E-state index contributed by atoms with van der Waals surface area (Å²) in [4.78, 5) is 12.6. The van der Waals surface area contributed by atoms with Crippen LogP contribution in [0.3, 0.4) is 0 Å². The van der Waals surface area contributed by atoms with E-state index in [1.807, 2.05) is 13.0 Å². The maximum Gasteiger partial charge on any atom is 0.160 e. The van der Waals surface area contributed by atoms with Crippen LogP contribution in [0.1, 0.15) is 36.7 Å². The average molecular weight is 222 g/mol. The van der Waals surface area contributed by atoms with Gasteiger partial charge >= 0.3 is 0 Å². The van der Waals surface area contributed by atoms with E-state index in [0.29, 0.717) is 5.92 Å². The zero-order valence-corrected chi connectivity index (χ0v) is 10.6. The summed E-state index contributed by atoms with van der Waals surface area (Å²) in [7, 11) is 0. The molecule has 0 aliphatic carbocycles. The fourth-order valence-corrected chi connectivity index (χ4v) is 2.34. The SMILES string of the molecule is CC(=O)c1cc(C)ccc1SCC(C)C. The summed E-state index contributed by atoms with van der Waals surface area (Å²) in [5, 5.41) is 0. The zero-order valence-electron chi connectivity index (χ0n) is 9.83. The Hall–Kier alpha value is -0.760. The maximum absolute atomic E-state index is 11.4. The number of aryl methyl sites for hydroxylation is 1. The van der Waals surface area contributed by atoms with Gasteiger partial charge in [0, 0.05) is 16.2 Å². The Kier molecular flexibility index (Phi) is 4.40. The van der Waals surface area contributed by atoms with Crippen LogP contribution in [0.2, 0.25) is 0 Å². The quantitative estimate of drug-likeness (QED) is 0.567. The van der Waals surface area contributed by atoms with Crippen molar-refractivity contribution in [1.82, 2.24) is 0 Å². The number of carbonyl (C=O) groups excluding carboxylic acids is 1. The molecule has 1 aromatic carbocycles. The highest BCUT2D eigenvalue weighted by atomic mass is 32.2. The van der Waals surface area contributed by atoms with E-state index in [9.17, 15) is 4.79 Å². The number of benzene rings is 1. The molecule has 0 aliphatic rings. The van der Waals surface area contributed by atoms with E-state index in [0.717, 1.165) is 21.8 Å². The molecule has 15 heavy (non-hydrogen) atoms. The van der Waals surface area contributed by atoms with Crippen LogP contribution in [-0.4, -0.2) is 11.5 Å². The smallest absolute Gasteiger partial charge is 0.160 e. The van der Waals surface area contributed by atoms with Gasteiger partial charge in [0.15, 0.2) is 5.78 Å². The van der Waals surface area contributed by atoms with Crippen LogP contribution in [0.5, 0.6) is 0 Å². The van der Waals surface area contributed by atoms with Gasteiger partial charge in [-0.25, -0.2) is 0 Å². The van der Waals surface area contributed by atoms with Gasteiger partial charge in [-0.15, -0.1) is 11.8 Å². The molecule has 0 fully saturated rings.